The molecule has 1 unspecified atom stereocenters. The molecule has 2 heterocycles. The zero-order chi connectivity index (χ0) is 50.3. The van der Waals surface area contributed by atoms with Crippen LogP contribution >= 0.6 is 0 Å². The summed E-state index contributed by atoms with van der Waals surface area (Å²) in [5.74, 6) is -5.85. The highest BCUT2D eigenvalue weighted by molar-refractivity contribution is 7.79. The molecule has 1 aliphatic heterocycles. The monoisotopic (exact) mass is 981 g/mol. The van der Waals surface area contributed by atoms with E-state index in [1.54, 1.807) is 48.5 Å². The molecule has 11 N–H and O–H groups in total. The summed E-state index contributed by atoms with van der Waals surface area (Å²) in [5, 5.41) is 34.5. The van der Waals surface area contributed by atoms with Gasteiger partial charge in [-0.2, -0.15) is 5.10 Å². The molecule has 23 heteroatoms. The molecule has 22 nitrogen and oxygen atoms in total. The number of hydrogen-bond donors (Lipinski definition) is 11. The van der Waals surface area contributed by atoms with Crippen molar-refractivity contribution in [3.63, 3.8) is 0 Å². The van der Waals surface area contributed by atoms with Crippen LogP contribution in [0.15, 0.2) is 113 Å². The molecule has 0 aliphatic carbocycles. The zero-order valence-electron chi connectivity index (χ0n) is 37.9. The number of urea groups is 1. The summed E-state index contributed by atoms with van der Waals surface area (Å²) in [6.45, 7) is -0.177. The number of nitrogens with zero attached hydrogens (tertiary/aromatic N) is 2. The number of carboxylic acid groups (broad SMARTS) is 1. The quantitative estimate of drug-likeness (QED) is 0.0256. The molecule has 1 aliphatic rings. The third-order valence-corrected chi connectivity index (χ3v) is 11.4. The molecule has 5 rings (SSSR count). The lowest BCUT2D eigenvalue weighted by Gasteiger charge is -2.26. The molecular formula is C47H55N11O11S. The Hall–Kier alpha value is -8.05. The van der Waals surface area contributed by atoms with Crippen molar-refractivity contribution in [1.29, 1.82) is 0 Å². The van der Waals surface area contributed by atoms with Gasteiger partial charge in [-0.05, 0) is 61.4 Å². The number of carboxylic acids is 1. The minimum atomic E-state index is -2.21. The first-order valence-electron chi connectivity index (χ1n) is 22.3. The van der Waals surface area contributed by atoms with Gasteiger partial charge in [0.15, 0.2) is 11.1 Å². The summed E-state index contributed by atoms with van der Waals surface area (Å²) < 4.78 is 21.1. The summed E-state index contributed by atoms with van der Waals surface area (Å²) in [4.78, 5) is 110. The molecule has 370 valence electrons. The van der Waals surface area contributed by atoms with Gasteiger partial charge in [0.25, 0.3) is 5.91 Å². The molecule has 8 amide bonds. The number of carbonyl (C=O) groups is 8. The highest BCUT2D eigenvalue weighted by Crippen LogP contribution is 2.12. The number of rotatable bonds is 20. The minimum absolute atomic E-state index is 0.000261. The lowest BCUT2D eigenvalue weighted by atomic mass is 10.0. The van der Waals surface area contributed by atoms with E-state index in [4.69, 9.17) is 0 Å². The van der Waals surface area contributed by atoms with Crippen LogP contribution in [0.3, 0.4) is 0 Å². The first-order chi connectivity index (χ1) is 33.7. The van der Waals surface area contributed by atoms with Crippen LogP contribution in [-0.4, -0.2) is 116 Å². The van der Waals surface area contributed by atoms with Gasteiger partial charge in [0, 0.05) is 37.8 Å². The van der Waals surface area contributed by atoms with Crippen molar-refractivity contribution < 1.29 is 52.2 Å². The molecule has 0 radical (unpaired) electrons. The van der Waals surface area contributed by atoms with Crippen molar-refractivity contribution in [2.75, 3.05) is 25.1 Å². The van der Waals surface area contributed by atoms with Gasteiger partial charge in [0.1, 0.15) is 30.0 Å². The standard InChI is InChI=1S/C47H55N11O11S/c59-40-29-51-43(63)34(18-11-23-49-47(67)52-26-31-14-5-2-6-15-31)55-44(64)35(56-45(65)36(24-30-12-3-1-4-13-30)57-46(66)37(54-40)25-41(60)61)17-9-10-22-48-42(62)33-20-21-39(50-27-33)58-53-28-32-16-7-8-19-38(32)70(68)69/h1-8,12-16,19-21,27-28,34-37H,9-11,17-18,22-26,29H2,(H,48,62)(H,50,58)(H,51,63)(H,54,59)(H,55,64)(H,56,65)(H,57,66)(H,60,61)(H,68,69)(H2,49,52,67)/b53-28+/t34-,35-,36+,37-/m0/s1. The van der Waals surface area contributed by atoms with Gasteiger partial charge < -0.3 is 52.2 Å². The number of benzene rings is 3. The lowest BCUT2D eigenvalue weighted by Crippen LogP contribution is -2.58. The summed E-state index contributed by atoms with van der Waals surface area (Å²) >= 11 is -2.21. The zero-order valence-corrected chi connectivity index (χ0v) is 38.7. The van der Waals surface area contributed by atoms with E-state index in [1.807, 2.05) is 30.3 Å². The highest BCUT2D eigenvalue weighted by Gasteiger charge is 2.33. The Bertz CT molecular complexity index is 2500. The van der Waals surface area contributed by atoms with E-state index < -0.39 is 95.7 Å². The Labute approximate surface area is 405 Å². The number of unbranched alkanes of at least 4 members (excludes halogenated alkanes) is 1. The SMILES string of the molecule is O=C(O)C[C@@H]1NC(=O)CNC(=O)[C@H](CCCNC(=O)NCc2ccccc2)NC(=O)[C@H](CCCCNC(=O)c2ccc(N/N=C/c3ccccc3S(=O)O)nc2)NC(=O)[C@@H](Cc2ccccc2)NC1=O. The van der Waals surface area contributed by atoms with Crippen LogP contribution in [0, 0.1) is 0 Å². The van der Waals surface area contributed by atoms with Crippen LogP contribution in [0.2, 0.25) is 0 Å². The topological polar surface area (TPSA) is 328 Å². The molecule has 1 fully saturated rings. The Kier molecular flexibility index (Phi) is 20.9. The smallest absolute Gasteiger partial charge is 0.315 e. The number of anilines is 1. The summed E-state index contributed by atoms with van der Waals surface area (Å²) in [6.07, 6.45) is 2.51. The fourth-order valence-corrected chi connectivity index (χ4v) is 7.49. The molecule has 1 aromatic heterocycles. The number of pyridine rings is 1. The predicted octanol–water partition coefficient (Wildman–Crippen LogP) is 1.07. The summed E-state index contributed by atoms with van der Waals surface area (Å²) in [7, 11) is 0. The van der Waals surface area contributed by atoms with Gasteiger partial charge in [-0.15, -0.1) is 0 Å². The maximum absolute atomic E-state index is 14.1. The third-order valence-electron chi connectivity index (χ3n) is 10.6. The van der Waals surface area contributed by atoms with Crippen molar-refractivity contribution in [3.05, 3.63) is 126 Å². The summed E-state index contributed by atoms with van der Waals surface area (Å²) in [5.41, 5.74) is 4.84. The number of hydrazone groups is 1. The lowest BCUT2D eigenvalue weighted by molar-refractivity contribution is -0.141. The van der Waals surface area contributed by atoms with E-state index in [2.05, 4.69) is 58.0 Å². The van der Waals surface area contributed by atoms with Gasteiger partial charge in [-0.25, -0.2) is 14.0 Å². The second kappa shape index (κ2) is 27.7. The van der Waals surface area contributed by atoms with Crippen molar-refractivity contribution in [2.24, 2.45) is 5.10 Å². The minimum Gasteiger partial charge on any atom is -0.481 e. The maximum atomic E-state index is 14.1. The second-order valence-electron chi connectivity index (χ2n) is 15.9. The van der Waals surface area contributed by atoms with Crippen LogP contribution in [0.4, 0.5) is 10.6 Å². The van der Waals surface area contributed by atoms with Gasteiger partial charge in [0.05, 0.1) is 29.6 Å². The molecule has 3 aromatic carbocycles. The van der Waals surface area contributed by atoms with Crippen LogP contribution in [0.25, 0.3) is 0 Å². The highest BCUT2D eigenvalue weighted by atomic mass is 32.2. The van der Waals surface area contributed by atoms with E-state index >= 15 is 0 Å². The van der Waals surface area contributed by atoms with E-state index in [1.165, 1.54) is 30.6 Å². The van der Waals surface area contributed by atoms with Crippen LogP contribution in [-0.2, 0) is 52.8 Å². The number of aromatic nitrogens is 1. The number of aliphatic carboxylic acids is 1. The molecule has 0 saturated carbocycles. The van der Waals surface area contributed by atoms with Gasteiger partial charge in [-0.3, -0.25) is 39.0 Å². The van der Waals surface area contributed by atoms with Crippen LogP contribution < -0.4 is 48.0 Å². The number of nitrogens with one attached hydrogen (secondary N) is 9. The molecular weight excluding hydrogens is 927 g/mol. The van der Waals surface area contributed by atoms with Gasteiger partial charge in [-0.1, -0.05) is 78.9 Å². The van der Waals surface area contributed by atoms with Crippen molar-refractivity contribution >= 4 is 70.6 Å². The van der Waals surface area contributed by atoms with E-state index in [9.17, 15) is 52.2 Å². The normalized spacial score (nSPS) is 18.3. The fourth-order valence-electron chi connectivity index (χ4n) is 6.97. The Morgan fingerprint density at radius 3 is 1.99 bits per heavy atom. The van der Waals surface area contributed by atoms with Crippen molar-refractivity contribution in [3.8, 4) is 0 Å². The van der Waals surface area contributed by atoms with Crippen LogP contribution in [0.1, 0.15) is 65.6 Å². The number of amides is 8. The Balaban J connectivity index is 1.25. The molecule has 0 spiro atoms. The summed E-state index contributed by atoms with van der Waals surface area (Å²) in [6, 6.07) is 21.3. The predicted molar refractivity (Wildman–Crippen MR) is 256 cm³/mol. The molecule has 1 saturated heterocycles. The van der Waals surface area contributed by atoms with Crippen LogP contribution in [0.5, 0.6) is 0 Å². The average Bonchev–Trinajstić information content (AvgIpc) is 3.35. The van der Waals surface area contributed by atoms with Crippen molar-refractivity contribution in [2.45, 2.75) is 80.6 Å². The maximum Gasteiger partial charge on any atom is 0.315 e. The van der Waals surface area contributed by atoms with E-state index in [0.29, 0.717) is 23.4 Å². The molecule has 5 atom stereocenters. The second-order valence-corrected chi connectivity index (χ2v) is 16.8. The fraction of sp³-hybridized carbons (Fsp3) is 0.319. The van der Waals surface area contributed by atoms with E-state index in [-0.39, 0.29) is 62.2 Å². The Morgan fingerprint density at radius 2 is 1.30 bits per heavy atom. The third kappa shape index (κ3) is 17.9. The average molecular weight is 982 g/mol. The Morgan fingerprint density at radius 1 is 0.686 bits per heavy atom. The van der Waals surface area contributed by atoms with Gasteiger partial charge >= 0.3 is 12.0 Å². The number of hydrogen-bond acceptors (Lipinski definition) is 12. The van der Waals surface area contributed by atoms with E-state index in [0.717, 1.165) is 5.56 Å². The molecule has 4 aromatic rings. The largest absolute Gasteiger partial charge is 0.481 e. The molecule has 70 heavy (non-hydrogen) atoms. The number of carbonyl (C=O) groups excluding carboxylic acids is 7. The first-order valence-corrected chi connectivity index (χ1v) is 23.4. The van der Waals surface area contributed by atoms with Gasteiger partial charge in [0.2, 0.25) is 29.5 Å². The van der Waals surface area contributed by atoms with Crippen molar-refractivity contribution in [1.82, 2.24) is 47.5 Å². The first kappa shape index (κ1) is 52.9. The molecule has 0 bridgehead atoms.